The predicted octanol–water partition coefficient (Wildman–Crippen LogP) is 1.24. The number of alkyl halides is 3. The lowest BCUT2D eigenvalue weighted by Gasteiger charge is -2.35. The van der Waals surface area contributed by atoms with Gasteiger partial charge in [-0.1, -0.05) is 0 Å². The number of ether oxygens (including phenoxy) is 2. The van der Waals surface area contributed by atoms with Gasteiger partial charge in [0.05, 0.1) is 31.2 Å². The number of amides is 1. The van der Waals surface area contributed by atoms with Crippen LogP contribution in [-0.4, -0.2) is 74.2 Å². The molecule has 2 atom stereocenters. The summed E-state index contributed by atoms with van der Waals surface area (Å²) in [5.74, 6) is -4.25. The summed E-state index contributed by atoms with van der Waals surface area (Å²) in [5.41, 5.74) is 5.17. The van der Waals surface area contributed by atoms with Crippen molar-refractivity contribution in [2.45, 2.75) is 31.4 Å². The van der Waals surface area contributed by atoms with E-state index in [2.05, 4.69) is 35.4 Å². The third-order valence-electron chi connectivity index (χ3n) is 5.06. The highest BCUT2D eigenvalue weighted by molar-refractivity contribution is 6.03. The van der Waals surface area contributed by atoms with Gasteiger partial charge in [0.1, 0.15) is 6.04 Å². The number of likely N-dealkylation sites (N-methyl/N-ethyl adjacent to an activating group) is 1. The van der Waals surface area contributed by atoms with Gasteiger partial charge in [0.2, 0.25) is 5.91 Å². The summed E-state index contributed by atoms with van der Waals surface area (Å²) in [7, 11) is 3.01. The minimum Gasteiger partial charge on any atom is -0.465 e. The number of rotatable bonds is 5. The molecule has 0 bridgehead atoms. The molecular formula is C18H23F4N5O4. The summed E-state index contributed by atoms with van der Waals surface area (Å²) in [6.07, 6.45) is -4.00. The van der Waals surface area contributed by atoms with Gasteiger partial charge >= 0.3 is 12.3 Å². The van der Waals surface area contributed by atoms with Crippen LogP contribution in [0.4, 0.5) is 23.2 Å². The molecule has 172 valence electrons. The molecule has 0 aromatic heterocycles. The number of anilines is 1. The maximum atomic E-state index is 14.1. The van der Waals surface area contributed by atoms with E-state index in [-0.39, 0.29) is 11.9 Å². The Morgan fingerprint density at radius 3 is 2.48 bits per heavy atom. The molecular weight excluding hydrogens is 426 g/mol. The van der Waals surface area contributed by atoms with Crippen molar-refractivity contribution in [3.8, 4) is 5.75 Å². The number of carbonyl (C=O) groups excluding carboxylic acids is 2. The number of esters is 1. The van der Waals surface area contributed by atoms with E-state index in [1.165, 1.54) is 0 Å². The Hall–Kier alpha value is -2.48. The van der Waals surface area contributed by atoms with Gasteiger partial charge in [-0.25, -0.2) is 20.0 Å². The first-order chi connectivity index (χ1) is 14.6. The molecule has 2 saturated heterocycles. The SMILES string of the molecule is COC(=O)c1cc(OC(F)(F)F)c(F)cc1NC(=O)C1CCC(N2CCN(C)C2)NN1. The molecule has 1 aromatic rings. The molecule has 2 aliphatic heterocycles. The number of halogens is 4. The van der Waals surface area contributed by atoms with Gasteiger partial charge in [0, 0.05) is 25.2 Å². The van der Waals surface area contributed by atoms with Crippen LogP contribution in [0, 0.1) is 5.82 Å². The van der Waals surface area contributed by atoms with Crippen molar-refractivity contribution in [2.24, 2.45) is 0 Å². The Morgan fingerprint density at radius 2 is 1.94 bits per heavy atom. The minimum atomic E-state index is -5.16. The first-order valence-corrected chi connectivity index (χ1v) is 9.49. The second kappa shape index (κ2) is 9.34. The molecule has 3 rings (SSSR count). The van der Waals surface area contributed by atoms with Crippen LogP contribution in [0.1, 0.15) is 23.2 Å². The lowest BCUT2D eigenvalue weighted by molar-refractivity contribution is -0.275. The molecule has 2 aliphatic rings. The Labute approximate surface area is 175 Å². The van der Waals surface area contributed by atoms with Crippen LogP contribution >= 0.6 is 0 Å². The maximum absolute atomic E-state index is 14.1. The van der Waals surface area contributed by atoms with E-state index in [4.69, 9.17) is 0 Å². The fourth-order valence-corrected chi connectivity index (χ4v) is 3.50. The summed E-state index contributed by atoms with van der Waals surface area (Å²) in [6.45, 7) is 2.63. The molecule has 1 amide bonds. The number of carbonyl (C=O) groups is 2. The smallest absolute Gasteiger partial charge is 0.465 e. The average Bonchev–Trinajstić information content (AvgIpc) is 3.15. The number of benzene rings is 1. The molecule has 9 nitrogen and oxygen atoms in total. The Bertz CT molecular complexity index is 830. The Balaban J connectivity index is 1.69. The van der Waals surface area contributed by atoms with Gasteiger partial charge in [-0.2, -0.15) is 0 Å². The van der Waals surface area contributed by atoms with E-state index >= 15 is 0 Å². The lowest BCUT2D eigenvalue weighted by Crippen LogP contribution is -2.60. The summed E-state index contributed by atoms with van der Waals surface area (Å²) in [5, 5.41) is 2.38. The molecule has 2 unspecified atom stereocenters. The topological polar surface area (TPSA) is 95.2 Å². The largest absolute Gasteiger partial charge is 0.573 e. The zero-order valence-electron chi connectivity index (χ0n) is 16.9. The molecule has 31 heavy (non-hydrogen) atoms. The number of hydrazine groups is 1. The van der Waals surface area contributed by atoms with Crippen LogP contribution in [0.15, 0.2) is 12.1 Å². The van der Waals surface area contributed by atoms with Crippen LogP contribution in [0.3, 0.4) is 0 Å². The van der Waals surface area contributed by atoms with Gasteiger partial charge in [0.15, 0.2) is 11.6 Å². The first kappa shape index (κ1) is 23.2. The maximum Gasteiger partial charge on any atom is 0.573 e. The highest BCUT2D eigenvalue weighted by atomic mass is 19.4. The van der Waals surface area contributed by atoms with E-state index in [0.29, 0.717) is 25.0 Å². The van der Waals surface area contributed by atoms with E-state index in [0.717, 1.165) is 26.9 Å². The van der Waals surface area contributed by atoms with E-state index in [1.807, 2.05) is 7.05 Å². The van der Waals surface area contributed by atoms with Crippen LogP contribution in [0.25, 0.3) is 0 Å². The van der Waals surface area contributed by atoms with Crippen molar-refractivity contribution < 1.29 is 36.6 Å². The number of hydrogen-bond donors (Lipinski definition) is 3. The highest BCUT2D eigenvalue weighted by Crippen LogP contribution is 2.31. The molecule has 0 radical (unpaired) electrons. The number of hydrogen-bond acceptors (Lipinski definition) is 8. The number of methoxy groups -OCH3 is 1. The van der Waals surface area contributed by atoms with Gasteiger partial charge in [0.25, 0.3) is 0 Å². The van der Waals surface area contributed by atoms with E-state index in [1.54, 1.807) is 0 Å². The Kier molecular flexibility index (Phi) is 6.99. The molecule has 0 saturated carbocycles. The quantitative estimate of drug-likeness (QED) is 0.457. The molecule has 13 heteroatoms. The van der Waals surface area contributed by atoms with E-state index < -0.39 is 41.4 Å². The van der Waals surface area contributed by atoms with Crippen molar-refractivity contribution >= 4 is 17.6 Å². The predicted molar refractivity (Wildman–Crippen MR) is 100 cm³/mol. The fourth-order valence-electron chi connectivity index (χ4n) is 3.50. The van der Waals surface area contributed by atoms with Gasteiger partial charge < -0.3 is 14.8 Å². The molecule has 0 spiro atoms. The van der Waals surface area contributed by atoms with Crippen LogP contribution in [0.2, 0.25) is 0 Å². The number of nitrogens with zero attached hydrogens (tertiary/aromatic N) is 2. The molecule has 2 fully saturated rings. The zero-order valence-corrected chi connectivity index (χ0v) is 16.9. The van der Waals surface area contributed by atoms with Crippen molar-refractivity contribution in [1.82, 2.24) is 20.7 Å². The standard InChI is InChI=1S/C18H23F4N5O4/c1-26-5-6-27(9-26)15-4-3-12(24-25-15)16(28)23-13-8-11(19)14(31-18(20,21)22)7-10(13)17(29)30-2/h7-8,12,15,24-25H,3-6,9H2,1-2H3,(H,23,28). The van der Waals surface area contributed by atoms with Crippen molar-refractivity contribution in [3.63, 3.8) is 0 Å². The average molecular weight is 449 g/mol. The van der Waals surface area contributed by atoms with Crippen molar-refractivity contribution in [3.05, 3.63) is 23.5 Å². The van der Waals surface area contributed by atoms with Crippen LogP contribution in [0.5, 0.6) is 5.75 Å². The second-order valence-corrected chi connectivity index (χ2v) is 7.32. The summed E-state index contributed by atoms with van der Waals surface area (Å²) in [6, 6.07) is 0.428. The van der Waals surface area contributed by atoms with Crippen molar-refractivity contribution in [2.75, 3.05) is 39.2 Å². The first-order valence-electron chi connectivity index (χ1n) is 9.49. The normalized spacial score (nSPS) is 22.9. The summed E-state index contributed by atoms with van der Waals surface area (Å²) >= 11 is 0. The fraction of sp³-hybridized carbons (Fsp3) is 0.556. The molecule has 1 aromatic carbocycles. The zero-order chi connectivity index (χ0) is 22.8. The summed E-state index contributed by atoms with van der Waals surface area (Å²) in [4.78, 5) is 29.0. The van der Waals surface area contributed by atoms with Gasteiger partial charge in [-0.3, -0.25) is 14.6 Å². The van der Waals surface area contributed by atoms with Crippen LogP contribution in [-0.2, 0) is 9.53 Å². The third-order valence-corrected chi connectivity index (χ3v) is 5.06. The van der Waals surface area contributed by atoms with Crippen LogP contribution < -0.4 is 20.9 Å². The van der Waals surface area contributed by atoms with Crippen molar-refractivity contribution in [1.29, 1.82) is 0 Å². The lowest BCUT2D eigenvalue weighted by atomic mass is 10.1. The van der Waals surface area contributed by atoms with E-state index in [9.17, 15) is 27.2 Å². The monoisotopic (exact) mass is 449 g/mol. The minimum absolute atomic E-state index is 0.0378. The molecule has 0 aliphatic carbocycles. The second-order valence-electron chi connectivity index (χ2n) is 7.32. The number of nitrogens with one attached hydrogen (secondary N) is 3. The molecule has 2 heterocycles. The van der Waals surface area contributed by atoms with Gasteiger partial charge in [-0.05, 0) is 19.9 Å². The highest BCUT2D eigenvalue weighted by Gasteiger charge is 2.34. The molecule has 3 N–H and O–H groups in total. The summed E-state index contributed by atoms with van der Waals surface area (Å²) < 4.78 is 59.6. The Morgan fingerprint density at radius 1 is 1.19 bits per heavy atom. The van der Waals surface area contributed by atoms with Gasteiger partial charge in [-0.15, -0.1) is 13.2 Å². The third kappa shape index (κ3) is 5.81.